The maximum absolute atomic E-state index is 8.75. The standard InChI is InChI=1S/C12H18N4O/c1-9-5-10(7-14-6-9)8-16-4-2-3-11(16)12(13)15-17/h5-7,11,17H,2-4,8H2,1H3,(H2,13,15). The van der Waals surface area contributed by atoms with Crippen LogP contribution in [-0.2, 0) is 6.54 Å². The molecule has 5 heteroatoms. The number of aromatic nitrogens is 1. The first-order chi connectivity index (χ1) is 8.20. The van der Waals surface area contributed by atoms with Crippen LogP contribution in [0.2, 0.25) is 0 Å². The SMILES string of the molecule is Cc1cncc(CN2CCCC2/C(N)=N/O)c1. The number of nitrogens with zero attached hydrogens (tertiary/aromatic N) is 3. The van der Waals surface area contributed by atoms with Gasteiger partial charge in [0.1, 0.15) is 0 Å². The molecule has 0 aliphatic carbocycles. The molecule has 1 fully saturated rings. The topological polar surface area (TPSA) is 74.7 Å². The van der Waals surface area contributed by atoms with Crippen LogP contribution in [0.5, 0.6) is 0 Å². The third-order valence-corrected chi connectivity index (χ3v) is 3.14. The lowest BCUT2D eigenvalue weighted by molar-refractivity contribution is 0.274. The highest BCUT2D eigenvalue weighted by molar-refractivity contribution is 5.85. The monoisotopic (exact) mass is 234 g/mol. The van der Waals surface area contributed by atoms with Crippen LogP contribution in [0, 0.1) is 6.92 Å². The van der Waals surface area contributed by atoms with E-state index < -0.39 is 0 Å². The minimum Gasteiger partial charge on any atom is -0.409 e. The molecular weight excluding hydrogens is 216 g/mol. The second-order valence-corrected chi connectivity index (χ2v) is 4.52. The van der Waals surface area contributed by atoms with E-state index in [0.29, 0.717) is 5.84 Å². The summed E-state index contributed by atoms with van der Waals surface area (Å²) in [6.45, 7) is 3.81. The first-order valence-corrected chi connectivity index (χ1v) is 5.82. The van der Waals surface area contributed by atoms with Crippen molar-refractivity contribution in [3.05, 3.63) is 29.6 Å². The van der Waals surface area contributed by atoms with Crippen molar-refractivity contribution < 1.29 is 5.21 Å². The first-order valence-electron chi connectivity index (χ1n) is 5.82. The molecule has 2 rings (SSSR count). The highest BCUT2D eigenvalue weighted by Gasteiger charge is 2.27. The second-order valence-electron chi connectivity index (χ2n) is 4.52. The molecule has 1 aromatic rings. The Balaban J connectivity index is 2.08. The second kappa shape index (κ2) is 5.14. The van der Waals surface area contributed by atoms with E-state index in [1.165, 1.54) is 5.56 Å². The summed E-state index contributed by atoms with van der Waals surface area (Å²) in [5.41, 5.74) is 8.02. The number of pyridine rings is 1. The van der Waals surface area contributed by atoms with Crippen molar-refractivity contribution >= 4 is 5.84 Å². The third kappa shape index (κ3) is 2.74. The molecule has 1 saturated heterocycles. The van der Waals surface area contributed by atoms with Crippen molar-refractivity contribution in [1.82, 2.24) is 9.88 Å². The number of rotatable bonds is 3. The molecule has 1 aliphatic rings. The lowest BCUT2D eigenvalue weighted by Crippen LogP contribution is -2.40. The van der Waals surface area contributed by atoms with E-state index in [0.717, 1.165) is 31.5 Å². The summed E-state index contributed by atoms with van der Waals surface area (Å²) in [5.74, 6) is 0.308. The molecule has 1 unspecified atom stereocenters. The van der Waals surface area contributed by atoms with Gasteiger partial charge in [-0.1, -0.05) is 11.2 Å². The van der Waals surface area contributed by atoms with E-state index >= 15 is 0 Å². The van der Waals surface area contributed by atoms with Crippen LogP contribution < -0.4 is 5.73 Å². The van der Waals surface area contributed by atoms with E-state index in [-0.39, 0.29) is 6.04 Å². The van der Waals surface area contributed by atoms with Crippen LogP contribution in [0.1, 0.15) is 24.0 Å². The van der Waals surface area contributed by atoms with E-state index in [9.17, 15) is 0 Å². The van der Waals surface area contributed by atoms with Gasteiger partial charge in [-0.2, -0.15) is 0 Å². The third-order valence-electron chi connectivity index (χ3n) is 3.14. The Hall–Kier alpha value is -1.62. The molecule has 2 heterocycles. The molecule has 3 N–H and O–H groups in total. The van der Waals surface area contributed by atoms with Gasteiger partial charge in [-0.05, 0) is 37.4 Å². The fourth-order valence-corrected chi connectivity index (χ4v) is 2.36. The van der Waals surface area contributed by atoms with Crippen molar-refractivity contribution in [2.24, 2.45) is 10.9 Å². The molecule has 1 atom stereocenters. The van der Waals surface area contributed by atoms with Crippen LogP contribution in [0.15, 0.2) is 23.6 Å². The van der Waals surface area contributed by atoms with Gasteiger partial charge in [0.15, 0.2) is 5.84 Å². The lowest BCUT2D eigenvalue weighted by atomic mass is 10.1. The molecule has 0 saturated carbocycles. The van der Waals surface area contributed by atoms with Gasteiger partial charge >= 0.3 is 0 Å². The quantitative estimate of drug-likeness (QED) is 0.355. The minimum atomic E-state index is 0.0560. The van der Waals surface area contributed by atoms with E-state index in [2.05, 4.69) is 21.1 Å². The zero-order valence-electron chi connectivity index (χ0n) is 10.0. The summed E-state index contributed by atoms with van der Waals surface area (Å²) in [6, 6.07) is 2.18. The number of nitrogens with two attached hydrogens (primary N) is 1. The number of likely N-dealkylation sites (tertiary alicyclic amines) is 1. The molecule has 0 bridgehead atoms. The average molecular weight is 234 g/mol. The van der Waals surface area contributed by atoms with Gasteiger partial charge in [0, 0.05) is 18.9 Å². The fourth-order valence-electron chi connectivity index (χ4n) is 2.36. The minimum absolute atomic E-state index is 0.0560. The number of hydrogen-bond acceptors (Lipinski definition) is 4. The lowest BCUT2D eigenvalue weighted by Gasteiger charge is -2.23. The molecule has 0 amide bonds. The maximum Gasteiger partial charge on any atom is 0.156 e. The Morgan fingerprint density at radius 1 is 1.65 bits per heavy atom. The van der Waals surface area contributed by atoms with Crippen LogP contribution >= 0.6 is 0 Å². The zero-order valence-corrected chi connectivity index (χ0v) is 10.0. The highest BCUT2D eigenvalue weighted by atomic mass is 16.4. The van der Waals surface area contributed by atoms with Gasteiger partial charge in [0.05, 0.1) is 6.04 Å². The molecule has 1 aromatic heterocycles. The first kappa shape index (κ1) is 11.9. The van der Waals surface area contributed by atoms with Gasteiger partial charge in [-0.15, -0.1) is 0 Å². The van der Waals surface area contributed by atoms with Crippen LogP contribution in [0.25, 0.3) is 0 Å². The van der Waals surface area contributed by atoms with E-state index in [1.54, 1.807) is 0 Å². The molecular formula is C12H18N4O. The predicted octanol–water partition coefficient (Wildman–Crippen LogP) is 1.10. The van der Waals surface area contributed by atoms with Crippen molar-refractivity contribution in [1.29, 1.82) is 0 Å². The molecule has 0 spiro atoms. The largest absolute Gasteiger partial charge is 0.409 e. The number of aryl methyl sites for hydroxylation is 1. The number of amidine groups is 1. The predicted molar refractivity (Wildman–Crippen MR) is 65.8 cm³/mol. The Labute approximate surface area is 101 Å². The summed E-state index contributed by atoms with van der Waals surface area (Å²) in [7, 11) is 0. The van der Waals surface area contributed by atoms with Crippen molar-refractivity contribution in [3.63, 3.8) is 0 Å². The van der Waals surface area contributed by atoms with Crippen LogP contribution in [-0.4, -0.2) is 33.5 Å². The Kier molecular flexibility index (Phi) is 3.58. The van der Waals surface area contributed by atoms with Crippen molar-refractivity contribution in [3.8, 4) is 0 Å². The van der Waals surface area contributed by atoms with Crippen LogP contribution in [0.4, 0.5) is 0 Å². The van der Waals surface area contributed by atoms with Crippen molar-refractivity contribution in [2.75, 3.05) is 6.54 Å². The van der Waals surface area contributed by atoms with Crippen LogP contribution in [0.3, 0.4) is 0 Å². The molecule has 0 radical (unpaired) electrons. The average Bonchev–Trinajstić information content (AvgIpc) is 2.76. The smallest absolute Gasteiger partial charge is 0.156 e. The molecule has 92 valence electrons. The van der Waals surface area contributed by atoms with Gasteiger partial charge in [-0.3, -0.25) is 9.88 Å². The Morgan fingerprint density at radius 3 is 3.18 bits per heavy atom. The van der Waals surface area contributed by atoms with Crippen molar-refractivity contribution in [2.45, 2.75) is 32.4 Å². The highest BCUT2D eigenvalue weighted by Crippen LogP contribution is 2.20. The van der Waals surface area contributed by atoms with Gasteiger partial charge in [-0.25, -0.2) is 0 Å². The Morgan fingerprint density at radius 2 is 2.47 bits per heavy atom. The zero-order chi connectivity index (χ0) is 12.3. The maximum atomic E-state index is 8.75. The molecule has 5 nitrogen and oxygen atoms in total. The van der Waals surface area contributed by atoms with Gasteiger partial charge < -0.3 is 10.9 Å². The molecule has 0 aromatic carbocycles. The Bertz CT molecular complexity index is 419. The molecule has 17 heavy (non-hydrogen) atoms. The van der Waals surface area contributed by atoms with Gasteiger partial charge in [0.2, 0.25) is 0 Å². The fraction of sp³-hybridized carbons (Fsp3) is 0.500. The summed E-state index contributed by atoms with van der Waals surface area (Å²) in [5, 5.41) is 11.9. The number of oxime groups is 1. The summed E-state index contributed by atoms with van der Waals surface area (Å²) >= 11 is 0. The van der Waals surface area contributed by atoms with E-state index in [4.69, 9.17) is 10.9 Å². The summed E-state index contributed by atoms with van der Waals surface area (Å²) in [6.07, 6.45) is 5.75. The summed E-state index contributed by atoms with van der Waals surface area (Å²) in [4.78, 5) is 6.41. The van der Waals surface area contributed by atoms with Gasteiger partial charge in [0.25, 0.3) is 0 Å². The summed E-state index contributed by atoms with van der Waals surface area (Å²) < 4.78 is 0. The molecule has 1 aliphatic heterocycles. The van der Waals surface area contributed by atoms with E-state index in [1.807, 2.05) is 19.3 Å². The normalized spacial score (nSPS) is 21.9. The number of hydrogen-bond donors (Lipinski definition) is 2.